The predicted molar refractivity (Wildman–Crippen MR) is 138 cm³/mol. The van der Waals surface area contributed by atoms with Gasteiger partial charge in [-0.1, -0.05) is 17.4 Å². The van der Waals surface area contributed by atoms with Crippen LogP contribution in [0, 0.1) is 5.92 Å². The summed E-state index contributed by atoms with van der Waals surface area (Å²) in [6.45, 7) is 7.48. The van der Waals surface area contributed by atoms with Gasteiger partial charge in [-0.05, 0) is 53.4 Å². The number of hydrogen-bond acceptors (Lipinski definition) is 7. The second kappa shape index (κ2) is 10.5. The Hall–Kier alpha value is -3.05. The zero-order valence-electron chi connectivity index (χ0n) is 18.7. The lowest BCUT2D eigenvalue weighted by Crippen LogP contribution is -2.37. The molecule has 0 bridgehead atoms. The minimum absolute atomic E-state index is 0.289. The van der Waals surface area contributed by atoms with Crippen LogP contribution in [-0.4, -0.2) is 51.7 Å². The number of thiazole rings is 1. The zero-order chi connectivity index (χ0) is 24.2. The van der Waals surface area contributed by atoms with E-state index in [2.05, 4.69) is 43.1 Å². The van der Waals surface area contributed by atoms with Crippen LogP contribution in [0.15, 0.2) is 35.5 Å². The molecule has 3 heterocycles. The van der Waals surface area contributed by atoms with Crippen LogP contribution in [-0.2, 0) is 11.2 Å². The number of nitrogens with zero attached hydrogens (tertiary/aromatic N) is 4. The number of carbonyl (C=O) groups is 2. The minimum Gasteiger partial charge on any atom is -0.481 e. The fraction of sp³-hybridized carbons (Fsp3) is 0.348. The quantitative estimate of drug-likeness (QED) is 0.369. The summed E-state index contributed by atoms with van der Waals surface area (Å²) in [7, 11) is 0. The number of nitrogens with one attached hydrogen (secondary N) is 2. The number of carboxylic acid groups (broad SMARTS) is 1. The highest BCUT2D eigenvalue weighted by Crippen LogP contribution is 2.37. The maximum absolute atomic E-state index is 11.9. The van der Waals surface area contributed by atoms with Crippen LogP contribution in [0.25, 0.3) is 21.3 Å². The normalized spacial score (nSPS) is 14.2. The van der Waals surface area contributed by atoms with Crippen molar-refractivity contribution in [3.63, 3.8) is 0 Å². The third-order valence-electron chi connectivity index (χ3n) is 5.63. The first-order valence-corrected chi connectivity index (χ1v) is 12.6. The van der Waals surface area contributed by atoms with Crippen molar-refractivity contribution in [2.45, 2.75) is 26.2 Å². The number of carbonyl (C=O) groups excluding carboxylic acids is 1. The van der Waals surface area contributed by atoms with Gasteiger partial charge in [-0.25, -0.2) is 19.7 Å². The number of aromatic nitrogens is 3. The van der Waals surface area contributed by atoms with Gasteiger partial charge < -0.3 is 15.3 Å². The number of rotatable bonds is 7. The smallest absolute Gasteiger partial charge is 0.321 e. The third kappa shape index (κ3) is 5.20. The van der Waals surface area contributed by atoms with Crippen LogP contribution in [0.1, 0.15) is 25.5 Å². The summed E-state index contributed by atoms with van der Waals surface area (Å²) in [5.74, 6) is -0.444. The molecule has 0 aliphatic carbocycles. The van der Waals surface area contributed by atoms with Crippen LogP contribution in [0.3, 0.4) is 0 Å². The van der Waals surface area contributed by atoms with Crippen LogP contribution in [0.5, 0.6) is 0 Å². The Morgan fingerprint density at radius 1 is 1.32 bits per heavy atom. The molecule has 178 valence electrons. The Balaban J connectivity index is 1.63. The average Bonchev–Trinajstić information content (AvgIpc) is 3.22. The number of allylic oxidation sites excluding steroid dienone is 1. The lowest BCUT2D eigenvalue weighted by Gasteiger charge is -2.30. The molecule has 2 aromatic heterocycles. The Bertz CT molecular complexity index is 1240. The fourth-order valence-electron chi connectivity index (χ4n) is 3.92. The van der Waals surface area contributed by atoms with Crippen molar-refractivity contribution in [2.24, 2.45) is 5.92 Å². The zero-order valence-corrected chi connectivity index (χ0v) is 21.1. The topological polar surface area (TPSA) is 120 Å². The number of piperidine rings is 1. The summed E-state index contributed by atoms with van der Waals surface area (Å²) < 4.78 is 1.80. The molecule has 0 radical (unpaired) electrons. The minimum atomic E-state index is -0.740. The van der Waals surface area contributed by atoms with E-state index in [4.69, 9.17) is 4.98 Å². The highest BCUT2D eigenvalue weighted by atomic mass is 79.9. The Labute approximate surface area is 209 Å². The van der Waals surface area contributed by atoms with E-state index in [1.165, 1.54) is 11.3 Å². The summed E-state index contributed by atoms with van der Waals surface area (Å²) in [5.41, 5.74) is 3.37. The maximum atomic E-state index is 11.9. The third-order valence-corrected chi connectivity index (χ3v) is 7.54. The maximum Gasteiger partial charge on any atom is 0.321 e. The number of benzene rings is 1. The molecule has 3 N–H and O–H groups in total. The molecule has 1 aliphatic rings. The van der Waals surface area contributed by atoms with E-state index in [9.17, 15) is 14.7 Å². The number of hydrogen-bond donors (Lipinski definition) is 3. The van der Waals surface area contributed by atoms with Crippen LogP contribution in [0.4, 0.5) is 15.9 Å². The average molecular weight is 545 g/mol. The van der Waals surface area contributed by atoms with Crippen molar-refractivity contribution in [1.29, 1.82) is 0 Å². The molecule has 1 aromatic carbocycles. The molecule has 9 nitrogen and oxygen atoms in total. The molecule has 1 aliphatic heterocycles. The molecule has 4 rings (SSSR count). The number of fused-ring (bicyclic) bond motifs is 1. The summed E-state index contributed by atoms with van der Waals surface area (Å²) in [5, 5.41) is 15.2. The fourth-order valence-corrected chi connectivity index (χ4v) is 5.46. The first-order chi connectivity index (χ1) is 16.4. The highest BCUT2D eigenvalue weighted by molar-refractivity contribution is 9.10. The van der Waals surface area contributed by atoms with Crippen molar-refractivity contribution in [1.82, 2.24) is 20.3 Å². The Morgan fingerprint density at radius 3 is 2.76 bits per heavy atom. The summed E-state index contributed by atoms with van der Waals surface area (Å²) in [6.07, 6.45) is 5.33. The number of anilines is 2. The second-order valence-corrected chi connectivity index (χ2v) is 9.79. The molecule has 1 saturated heterocycles. The first-order valence-electron chi connectivity index (χ1n) is 11.0. The van der Waals surface area contributed by atoms with Gasteiger partial charge in [-0.3, -0.25) is 10.1 Å². The van der Waals surface area contributed by atoms with Gasteiger partial charge in [0.05, 0.1) is 21.8 Å². The largest absolute Gasteiger partial charge is 0.481 e. The summed E-state index contributed by atoms with van der Waals surface area (Å²) in [4.78, 5) is 39.1. The lowest BCUT2D eigenvalue weighted by atomic mass is 9.97. The molecule has 0 saturated carbocycles. The molecule has 11 heteroatoms. The van der Waals surface area contributed by atoms with Crippen molar-refractivity contribution >= 4 is 60.6 Å². The van der Waals surface area contributed by atoms with E-state index in [1.807, 2.05) is 24.0 Å². The van der Waals surface area contributed by atoms with Gasteiger partial charge in [0.1, 0.15) is 0 Å². The Morgan fingerprint density at radius 2 is 2.09 bits per heavy atom. The molecular formula is C23H25BrN6O3S. The SMILES string of the molecule is C=CCc1nc(N2CCC(C(=O)O)CC2)ncc1-c1cc(Br)c2sc(NC(=O)NCC)nc2c1. The van der Waals surface area contributed by atoms with E-state index in [-0.39, 0.29) is 11.9 Å². The van der Waals surface area contributed by atoms with Crippen molar-refractivity contribution < 1.29 is 14.7 Å². The van der Waals surface area contributed by atoms with Gasteiger partial charge in [0.2, 0.25) is 5.95 Å². The number of urea groups is 1. The van der Waals surface area contributed by atoms with E-state index in [0.717, 1.165) is 31.5 Å². The summed E-state index contributed by atoms with van der Waals surface area (Å²) >= 11 is 5.03. The molecule has 1 fully saturated rings. The van der Waals surface area contributed by atoms with Crippen molar-refractivity contribution in [2.75, 3.05) is 29.9 Å². The van der Waals surface area contributed by atoms with E-state index in [1.54, 1.807) is 12.3 Å². The standard InChI is InChI=1S/C23H25BrN6O3S/c1-3-5-17-15(12-26-21(27-17)30-8-6-13(7-9-30)20(31)32)14-10-16(24)19-18(11-14)28-23(34-19)29-22(33)25-4-2/h3,10-13H,1,4-9H2,2H3,(H,31,32)(H2,25,28,29,33). The van der Waals surface area contributed by atoms with Crippen molar-refractivity contribution in [3.05, 3.63) is 41.2 Å². The second-order valence-electron chi connectivity index (χ2n) is 7.93. The number of aliphatic carboxylic acids is 1. The molecule has 3 aromatic rings. The molecule has 0 unspecified atom stereocenters. The van der Waals surface area contributed by atoms with Gasteiger partial charge in [0.15, 0.2) is 5.13 Å². The van der Waals surface area contributed by atoms with E-state index >= 15 is 0 Å². The van der Waals surface area contributed by atoms with Crippen LogP contribution < -0.4 is 15.5 Å². The van der Waals surface area contributed by atoms with Gasteiger partial charge in [0.25, 0.3) is 0 Å². The van der Waals surface area contributed by atoms with Crippen molar-refractivity contribution in [3.8, 4) is 11.1 Å². The number of carboxylic acids is 1. The van der Waals surface area contributed by atoms with Crippen LogP contribution >= 0.6 is 27.3 Å². The predicted octanol–water partition coefficient (Wildman–Crippen LogP) is 4.69. The van der Waals surface area contributed by atoms with Gasteiger partial charge >= 0.3 is 12.0 Å². The van der Waals surface area contributed by atoms with E-state index < -0.39 is 5.97 Å². The molecule has 2 amide bonds. The highest BCUT2D eigenvalue weighted by Gasteiger charge is 2.26. The van der Waals surface area contributed by atoms with Gasteiger partial charge in [-0.15, -0.1) is 6.58 Å². The lowest BCUT2D eigenvalue weighted by molar-refractivity contribution is -0.142. The molecule has 34 heavy (non-hydrogen) atoms. The van der Waals surface area contributed by atoms with Gasteiger partial charge in [-0.2, -0.15) is 0 Å². The molecular weight excluding hydrogens is 520 g/mol. The Kier molecular flexibility index (Phi) is 7.42. The molecule has 0 atom stereocenters. The number of halogens is 1. The first kappa shape index (κ1) is 24.1. The number of amides is 2. The van der Waals surface area contributed by atoms with Gasteiger partial charge in [0, 0.05) is 42.3 Å². The monoisotopic (exact) mass is 544 g/mol. The van der Waals surface area contributed by atoms with Crippen LogP contribution in [0.2, 0.25) is 0 Å². The van der Waals surface area contributed by atoms with E-state index in [0.29, 0.717) is 50.0 Å². The summed E-state index contributed by atoms with van der Waals surface area (Å²) in [6, 6.07) is 3.67. The molecule has 0 spiro atoms.